The van der Waals surface area contributed by atoms with Gasteiger partial charge in [0.25, 0.3) is 0 Å². The average molecular weight is 753 g/mol. The van der Waals surface area contributed by atoms with E-state index in [9.17, 15) is 0 Å². The van der Waals surface area contributed by atoms with Gasteiger partial charge in [-0.15, -0.1) is 0 Å². The van der Waals surface area contributed by atoms with E-state index in [0.29, 0.717) is 0 Å². The van der Waals surface area contributed by atoms with E-state index in [-0.39, 0.29) is 5.41 Å². The average Bonchev–Trinajstić information content (AvgIpc) is 3.89. The van der Waals surface area contributed by atoms with Gasteiger partial charge in [-0.2, -0.15) is 0 Å². The SMILES string of the molecule is CC1(C)c2ccccc2-c2ccc(-n3c4ccccc4c4ccc(-c5cc(-c6ccccc6)cc(-c6ccc7c8ccccc8n(-c8ccccc8)c7c6)c5)cc43)cc21. The Kier molecular flexibility index (Phi) is 7.31. The van der Waals surface area contributed by atoms with E-state index in [4.69, 9.17) is 0 Å². The Morgan fingerprint density at radius 3 is 1.39 bits per heavy atom. The maximum Gasteiger partial charge on any atom is 0.0547 e. The van der Waals surface area contributed by atoms with E-state index >= 15 is 0 Å². The summed E-state index contributed by atoms with van der Waals surface area (Å²) in [5.74, 6) is 0. The summed E-state index contributed by atoms with van der Waals surface area (Å²) in [5.41, 5.74) is 19.7. The molecular formula is C57H40N2. The predicted octanol–water partition coefficient (Wildman–Crippen LogP) is 15.2. The van der Waals surface area contributed by atoms with Crippen LogP contribution >= 0.6 is 0 Å². The van der Waals surface area contributed by atoms with Gasteiger partial charge in [0, 0.05) is 38.3 Å². The summed E-state index contributed by atoms with van der Waals surface area (Å²) in [6.07, 6.45) is 0. The molecule has 2 heteroatoms. The van der Waals surface area contributed by atoms with Crippen LogP contribution < -0.4 is 0 Å². The van der Waals surface area contributed by atoms with E-state index in [1.165, 1.54) is 105 Å². The Balaban J connectivity index is 1.06. The molecule has 2 heterocycles. The van der Waals surface area contributed by atoms with Gasteiger partial charge < -0.3 is 9.13 Å². The summed E-state index contributed by atoms with van der Waals surface area (Å²) < 4.78 is 4.88. The standard InChI is InChI=1S/C57H40N2/c1-57(2)51-22-12-9-19-45(51)46-30-27-44(36-52(46)57)59-54-24-14-11-21-48(54)50-29-26-39(35-56(50)59)42-32-40(37-15-5-3-6-16-37)31-41(33-42)38-25-28-49-47-20-10-13-23-53(47)58(55(49)34-38)43-17-7-4-8-18-43/h3-36H,1-2H3. The van der Waals surface area contributed by atoms with E-state index < -0.39 is 0 Å². The first-order valence-corrected chi connectivity index (χ1v) is 20.6. The molecule has 278 valence electrons. The van der Waals surface area contributed by atoms with Crippen molar-refractivity contribution in [3.63, 3.8) is 0 Å². The van der Waals surface area contributed by atoms with Crippen LogP contribution in [0.4, 0.5) is 0 Å². The van der Waals surface area contributed by atoms with E-state index in [1.54, 1.807) is 0 Å². The molecule has 9 aromatic carbocycles. The summed E-state index contributed by atoms with van der Waals surface area (Å²) >= 11 is 0. The molecule has 12 rings (SSSR count). The number of benzene rings is 9. The monoisotopic (exact) mass is 752 g/mol. The van der Waals surface area contributed by atoms with Crippen molar-refractivity contribution in [1.82, 2.24) is 9.13 Å². The molecule has 0 saturated heterocycles. The molecule has 59 heavy (non-hydrogen) atoms. The lowest BCUT2D eigenvalue weighted by Crippen LogP contribution is -2.15. The van der Waals surface area contributed by atoms with Crippen LogP contribution in [-0.2, 0) is 5.41 Å². The van der Waals surface area contributed by atoms with Gasteiger partial charge in [-0.25, -0.2) is 0 Å². The molecular weight excluding hydrogens is 713 g/mol. The van der Waals surface area contributed by atoms with Gasteiger partial charge in [0.15, 0.2) is 0 Å². The van der Waals surface area contributed by atoms with Gasteiger partial charge in [-0.1, -0.05) is 153 Å². The van der Waals surface area contributed by atoms with Crippen molar-refractivity contribution >= 4 is 43.6 Å². The number of fused-ring (bicyclic) bond motifs is 9. The first-order valence-electron chi connectivity index (χ1n) is 20.6. The van der Waals surface area contributed by atoms with Crippen molar-refractivity contribution in [2.75, 3.05) is 0 Å². The Labute approximate surface area is 343 Å². The van der Waals surface area contributed by atoms with Gasteiger partial charge in [-0.05, 0) is 122 Å². The van der Waals surface area contributed by atoms with Gasteiger partial charge >= 0.3 is 0 Å². The molecule has 0 unspecified atom stereocenters. The Morgan fingerprint density at radius 2 is 0.763 bits per heavy atom. The van der Waals surface area contributed by atoms with Crippen LogP contribution in [-0.4, -0.2) is 9.13 Å². The van der Waals surface area contributed by atoms with E-state index in [0.717, 1.165) is 5.69 Å². The number of rotatable bonds is 5. The fourth-order valence-electron chi connectivity index (χ4n) is 10.0. The fourth-order valence-corrected chi connectivity index (χ4v) is 10.0. The largest absolute Gasteiger partial charge is 0.309 e. The van der Waals surface area contributed by atoms with Crippen molar-refractivity contribution in [2.24, 2.45) is 0 Å². The van der Waals surface area contributed by atoms with Crippen molar-refractivity contribution in [3.05, 3.63) is 217 Å². The van der Waals surface area contributed by atoms with Crippen LogP contribution in [0.5, 0.6) is 0 Å². The van der Waals surface area contributed by atoms with Gasteiger partial charge in [0.2, 0.25) is 0 Å². The number of hydrogen-bond donors (Lipinski definition) is 0. The zero-order valence-electron chi connectivity index (χ0n) is 33.0. The third kappa shape index (κ3) is 5.13. The number of nitrogens with zero attached hydrogens (tertiary/aromatic N) is 2. The number of aromatic nitrogens is 2. The first-order chi connectivity index (χ1) is 29.0. The molecule has 0 atom stereocenters. The first kappa shape index (κ1) is 33.7. The second-order valence-electron chi connectivity index (χ2n) is 16.6. The summed E-state index contributed by atoms with van der Waals surface area (Å²) in [6.45, 7) is 4.73. The molecule has 0 radical (unpaired) electrons. The Bertz CT molecular complexity index is 3450. The number of hydrogen-bond acceptors (Lipinski definition) is 0. The lowest BCUT2D eigenvalue weighted by atomic mass is 9.82. The van der Waals surface area contributed by atoms with Crippen molar-refractivity contribution < 1.29 is 0 Å². The predicted molar refractivity (Wildman–Crippen MR) is 249 cm³/mol. The summed E-state index contributed by atoms with van der Waals surface area (Å²) in [5, 5.41) is 5.03. The van der Waals surface area contributed by atoms with Crippen LogP contribution in [0.1, 0.15) is 25.0 Å². The second-order valence-corrected chi connectivity index (χ2v) is 16.6. The van der Waals surface area contributed by atoms with Crippen molar-refractivity contribution in [1.29, 1.82) is 0 Å². The molecule has 0 fully saturated rings. The third-order valence-corrected chi connectivity index (χ3v) is 12.9. The number of para-hydroxylation sites is 3. The van der Waals surface area contributed by atoms with Gasteiger partial charge in [0.05, 0.1) is 22.1 Å². The molecule has 0 spiro atoms. The van der Waals surface area contributed by atoms with Gasteiger partial charge in [0.1, 0.15) is 0 Å². The summed E-state index contributed by atoms with van der Waals surface area (Å²) in [7, 11) is 0. The molecule has 0 aliphatic heterocycles. The summed E-state index contributed by atoms with van der Waals surface area (Å²) in [6, 6.07) is 76.2. The summed E-state index contributed by atoms with van der Waals surface area (Å²) in [4.78, 5) is 0. The zero-order valence-corrected chi connectivity index (χ0v) is 33.0. The van der Waals surface area contributed by atoms with Crippen LogP contribution in [0.25, 0.3) is 99.5 Å². The molecule has 2 nitrogen and oxygen atoms in total. The molecule has 0 bridgehead atoms. The second kappa shape index (κ2) is 12.8. The van der Waals surface area contributed by atoms with Crippen LogP contribution in [0, 0.1) is 0 Å². The fraction of sp³-hybridized carbons (Fsp3) is 0.0526. The quantitative estimate of drug-likeness (QED) is 0.166. The highest BCUT2D eigenvalue weighted by Crippen LogP contribution is 2.49. The molecule has 0 amide bonds. The molecule has 11 aromatic rings. The normalized spacial score (nSPS) is 13.1. The minimum Gasteiger partial charge on any atom is -0.309 e. The Hall–Kier alpha value is -7.42. The zero-order chi connectivity index (χ0) is 39.2. The molecule has 2 aromatic heterocycles. The molecule has 1 aliphatic carbocycles. The van der Waals surface area contributed by atoms with Crippen molar-refractivity contribution in [3.8, 4) is 55.9 Å². The van der Waals surface area contributed by atoms with Crippen LogP contribution in [0.3, 0.4) is 0 Å². The minimum atomic E-state index is -0.0847. The van der Waals surface area contributed by atoms with Crippen LogP contribution in [0.15, 0.2) is 206 Å². The topological polar surface area (TPSA) is 9.86 Å². The molecule has 0 N–H and O–H groups in total. The lowest BCUT2D eigenvalue weighted by molar-refractivity contribution is 0.660. The smallest absolute Gasteiger partial charge is 0.0547 e. The lowest BCUT2D eigenvalue weighted by Gasteiger charge is -2.22. The highest BCUT2D eigenvalue weighted by Gasteiger charge is 2.35. The minimum absolute atomic E-state index is 0.0847. The highest BCUT2D eigenvalue weighted by atomic mass is 15.0. The Morgan fingerprint density at radius 1 is 0.288 bits per heavy atom. The maximum absolute atomic E-state index is 2.48. The maximum atomic E-state index is 2.48. The highest BCUT2D eigenvalue weighted by molar-refractivity contribution is 6.11. The van der Waals surface area contributed by atoms with E-state index in [1.807, 2.05) is 0 Å². The third-order valence-electron chi connectivity index (χ3n) is 12.9. The van der Waals surface area contributed by atoms with Crippen LogP contribution in [0.2, 0.25) is 0 Å². The van der Waals surface area contributed by atoms with Crippen molar-refractivity contribution in [2.45, 2.75) is 19.3 Å². The van der Waals surface area contributed by atoms with E-state index in [2.05, 4.69) is 229 Å². The molecule has 1 aliphatic rings. The van der Waals surface area contributed by atoms with Gasteiger partial charge in [-0.3, -0.25) is 0 Å². The molecule has 0 saturated carbocycles.